The van der Waals surface area contributed by atoms with Gasteiger partial charge in [0, 0.05) is 24.4 Å². The van der Waals surface area contributed by atoms with Crippen LogP contribution in [0.5, 0.6) is 11.5 Å². The zero-order valence-corrected chi connectivity index (χ0v) is 17.1. The molecular weight excluding hydrogens is 414 g/mol. The Morgan fingerprint density at radius 1 is 1.37 bits per heavy atom. The minimum absolute atomic E-state index is 0.119. The molecule has 0 fully saturated rings. The monoisotopic (exact) mass is 433 g/mol. The highest BCUT2D eigenvalue weighted by molar-refractivity contribution is 7.07. The molecule has 3 aromatic rings. The van der Waals surface area contributed by atoms with E-state index in [1.54, 1.807) is 17.8 Å². The smallest absolute Gasteiger partial charge is 0.286 e. The molecule has 1 N–H and O–H groups in total. The van der Waals surface area contributed by atoms with E-state index in [2.05, 4.69) is 20.4 Å². The molecule has 3 rings (SSSR count). The van der Waals surface area contributed by atoms with E-state index in [1.165, 1.54) is 30.6 Å². The van der Waals surface area contributed by atoms with Crippen molar-refractivity contribution in [3.05, 3.63) is 56.1 Å². The number of rotatable bonds is 10. The number of methoxy groups -OCH3 is 1. The van der Waals surface area contributed by atoms with E-state index in [0.29, 0.717) is 30.3 Å². The quantitative estimate of drug-likeness (QED) is 0.290. The molecule has 0 saturated carbocycles. The zero-order chi connectivity index (χ0) is 21.5. The minimum atomic E-state index is -0.634. The van der Waals surface area contributed by atoms with Crippen LogP contribution in [0.4, 0.5) is 5.69 Å². The maximum absolute atomic E-state index is 12.5. The fourth-order valence-electron chi connectivity index (χ4n) is 2.59. The van der Waals surface area contributed by atoms with Crippen molar-refractivity contribution in [2.45, 2.75) is 26.4 Å². The first-order valence-electron chi connectivity index (χ1n) is 8.91. The van der Waals surface area contributed by atoms with Crippen LogP contribution in [0, 0.1) is 17.0 Å². The third-order valence-electron chi connectivity index (χ3n) is 4.00. The topological polar surface area (TPSA) is 143 Å². The molecule has 30 heavy (non-hydrogen) atoms. The van der Waals surface area contributed by atoms with Crippen molar-refractivity contribution in [2.24, 2.45) is 0 Å². The molecule has 0 aliphatic rings. The zero-order valence-electron chi connectivity index (χ0n) is 16.3. The summed E-state index contributed by atoms with van der Waals surface area (Å²) >= 11 is 1.41. The second kappa shape index (κ2) is 9.78. The van der Waals surface area contributed by atoms with Gasteiger partial charge >= 0.3 is 0 Å². The van der Waals surface area contributed by atoms with Gasteiger partial charge in [-0.1, -0.05) is 5.16 Å². The first-order chi connectivity index (χ1) is 14.5. The highest BCUT2D eigenvalue weighted by Gasteiger charge is 2.24. The van der Waals surface area contributed by atoms with E-state index in [4.69, 9.17) is 14.0 Å². The summed E-state index contributed by atoms with van der Waals surface area (Å²) in [7, 11) is 1.39. The number of thiazole rings is 1. The van der Waals surface area contributed by atoms with Crippen molar-refractivity contribution in [1.29, 1.82) is 0 Å². The Balaban J connectivity index is 1.68. The molecule has 1 aromatic carbocycles. The molecule has 1 amide bonds. The van der Waals surface area contributed by atoms with Gasteiger partial charge in [0.25, 0.3) is 11.6 Å². The Hall–Kier alpha value is -3.54. The molecule has 0 aliphatic carbocycles. The van der Waals surface area contributed by atoms with Crippen LogP contribution in [0.15, 0.2) is 27.5 Å². The summed E-state index contributed by atoms with van der Waals surface area (Å²) in [6.07, 6.45) is 1.02. The van der Waals surface area contributed by atoms with Crippen LogP contribution in [0.2, 0.25) is 0 Å². The average molecular weight is 433 g/mol. The number of hydrogen-bond donors (Lipinski definition) is 1. The molecule has 11 nitrogen and oxygen atoms in total. The first-order valence-corrected chi connectivity index (χ1v) is 9.86. The molecule has 0 atom stereocenters. The predicted octanol–water partition coefficient (Wildman–Crippen LogP) is 2.69. The van der Waals surface area contributed by atoms with Gasteiger partial charge in [0.15, 0.2) is 17.3 Å². The second-order valence-electron chi connectivity index (χ2n) is 6.14. The normalized spacial score (nSPS) is 10.6. The molecule has 2 aromatic heterocycles. The van der Waals surface area contributed by atoms with Gasteiger partial charge in [0.05, 0.1) is 29.3 Å². The van der Waals surface area contributed by atoms with Gasteiger partial charge < -0.3 is 19.3 Å². The van der Waals surface area contributed by atoms with Crippen LogP contribution in [0.1, 0.15) is 34.2 Å². The molecule has 0 radical (unpaired) electrons. The summed E-state index contributed by atoms with van der Waals surface area (Å²) < 4.78 is 15.9. The molecule has 0 unspecified atom stereocenters. The molecule has 158 valence electrons. The molecule has 0 bridgehead atoms. The van der Waals surface area contributed by atoms with Gasteiger partial charge in [-0.2, -0.15) is 4.98 Å². The number of hydrogen-bond acceptors (Lipinski definition) is 10. The van der Waals surface area contributed by atoms with Gasteiger partial charge in [-0.3, -0.25) is 14.9 Å². The molecule has 2 heterocycles. The maximum Gasteiger partial charge on any atom is 0.286 e. The van der Waals surface area contributed by atoms with Gasteiger partial charge in [0.1, 0.15) is 12.2 Å². The maximum atomic E-state index is 12.5. The number of benzene rings is 1. The molecule has 0 saturated heterocycles. The summed E-state index contributed by atoms with van der Waals surface area (Å²) in [5.74, 6) is 0.778. The van der Waals surface area contributed by atoms with Crippen LogP contribution in [0.25, 0.3) is 0 Å². The van der Waals surface area contributed by atoms with Crippen LogP contribution >= 0.6 is 11.3 Å². The Kier molecular flexibility index (Phi) is 6.91. The first kappa shape index (κ1) is 21.2. The number of nitrogens with zero attached hydrogens (tertiary/aromatic N) is 4. The van der Waals surface area contributed by atoms with E-state index in [0.717, 1.165) is 0 Å². The number of ether oxygens (including phenoxy) is 2. The lowest BCUT2D eigenvalue weighted by molar-refractivity contribution is -0.385. The van der Waals surface area contributed by atoms with E-state index in [1.807, 2.05) is 0 Å². The van der Waals surface area contributed by atoms with Crippen LogP contribution in [-0.4, -0.2) is 39.6 Å². The standard InChI is InChI=1S/C18H19N5O6S/c1-11-21-17(29-22-11)4-3-5-19-18(24)13-6-15(27-2)16(7-14(13)23(25)26)28-8-12-9-30-10-20-12/h6-7,9-10H,3-5,8H2,1-2H3,(H,19,24). The van der Waals surface area contributed by atoms with Crippen molar-refractivity contribution in [3.8, 4) is 11.5 Å². The lowest BCUT2D eigenvalue weighted by Gasteiger charge is -2.12. The third kappa shape index (κ3) is 5.29. The largest absolute Gasteiger partial charge is 0.493 e. The van der Waals surface area contributed by atoms with Crippen molar-refractivity contribution in [1.82, 2.24) is 20.4 Å². The third-order valence-corrected chi connectivity index (χ3v) is 4.64. The molecule has 0 spiro atoms. The van der Waals surface area contributed by atoms with E-state index in [-0.39, 0.29) is 35.9 Å². The van der Waals surface area contributed by atoms with E-state index < -0.39 is 10.8 Å². The SMILES string of the molecule is COc1cc(C(=O)NCCCc2nc(C)no2)c([N+](=O)[O-])cc1OCc1cscn1. The number of aryl methyl sites for hydroxylation is 2. The predicted molar refractivity (Wildman–Crippen MR) is 106 cm³/mol. The fourth-order valence-corrected chi connectivity index (χ4v) is 3.14. The second-order valence-corrected chi connectivity index (χ2v) is 6.86. The number of nitro groups is 1. The van der Waals surface area contributed by atoms with Crippen molar-refractivity contribution < 1.29 is 23.7 Å². The number of amides is 1. The summed E-state index contributed by atoms with van der Waals surface area (Å²) in [5.41, 5.74) is 1.84. The number of nitro benzene ring substituents is 1. The number of carbonyl (C=O) groups is 1. The summed E-state index contributed by atoms with van der Waals surface area (Å²) in [6, 6.07) is 2.48. The number of aromatic nitrogens is 3. The van der Waals surface area contributed by atoms with E-state index in [9.17, 15) is 14.9 Å². The van der Waals surface area contributed by atoms with Gasteiger partial charge in [-0.05, 0) is 13.3 Å². The molecular formula is C18H19N5O6S. The Morgan fingerprint density at radius 2 is 2.20 bits per heavy atom. The van der Waals surface area contributed by atoms with Gasteiger partial charge in [0.2, 0.25) is 5.89 Å². The highest BCUT2D eigenvalue weighted by atomic mass is 32.1. The molecule has 12 heteroatoms. The van der Waals surface area contributed by atoms with E-state index >= 15 is 0 Å². The lowest BCUT2D eigenvalue weighted by atomic mass is 10.1. The number of carbonyl (C=O) groups excluding carboxylic acids is 1. The van der Waals surface area contributed by atoms with Crippen LogP contribution in [0.3, 0.4) is 0 Å². The molecule has 0 aliphatic heterocycles. The van der Waals surface area contributed by atoms with Crippen molar-refractivity contribution in [2.75, 3.05) is 13.7 Å². The summed E-state index contributed by atoms with van der Waals surface area (Å²) in [4.78, 5) is 31.6. The van der Waals surface area contributed by atoms with Gasteiger partial charge in [-0.25, -0.2) is 4.98 Å². The van der Waals surface area contributed by atoms with Crippen LogP contribution in [-0.2, 0) is 13.0 Å². The Labute approximate surface area is 175 Å². The highest BCUT2D eigenvalue weighted by Crippen LogP contribution is 2.35. The van der Waals surface area contributed by atoms with Crippen molar-refractivity contribution >= 4 is 22.9 Å². The Morgan fingerprint density at radius 3 is 2.83 bits per heavy atom. The minimum Gasteiger partial charge on any atom is -0.493 e. The summed E-state index contributed by atoms with van der Waals surface area (Å²) in [6.45, 7) is 2.12. The Bertz CT molecular complexity index is 1020. The average Bonchev–Trinajstić information content (AvgIpc) is 3.40. The fraction of sp³-hybridized carbons (Fsp3) is 0.333. The number of nitrogens with one attached hydrogen (secondary N) is 1. The van der Waals surface area contributed by atoms with Crippen molar-refractivity contribution in [3.63, 3.8) is 0 Å². The lowest BCUT2D eigenvalue weighted by Crippen LogP contribution is -2.25. The van der Waals surface area contributed by atoms with Crippen LogP contribution < -0.4 is 14.8 Å². The summed E-state index contributed by atoms with van der Waals surface area (Å²) in [5, 5.41) is 19.7. The van der Waals surface area contributed by atoms with Gasteiger partial charge in [-0.15, -0.1) is 11.3 Å².